The van der Waals surface area contributed by atoms with E-state index in [0.29, 0.717) is 6.10 Å². The lowest BCUT2D eigenvalue weighted by Gasteiger charge is -2.12. The maximum absolute atomic E-state index is 5.58. The van der Waals surface area contributed by atoms with Crippen LogP contribution in [0.15, 0.2) is 0 Å². The van der Waals surface area contributed by atoms with E-state index >= 15 is 0 Å². The fourth-order valence-corrected chi connectivity index (χ4v) is 3.25. The molecule has 2 aliphatic heterocycles. The first-order valence-electron chi connectivity index (χ1n) is 5.38. The van der Waals surface area contributed by atoms with Crippen molar-refractivity contribution in [2.45, 2.75) is 37.8 Å². The van der Waals surface area contributed by atoms with Crippen molar-refractivity contribution in [1.29, 1.82) is 0 Å². The van der Waals surface area contributed by atoms with E-state index in [9.17, 15) is 0 Å². The van der Waals surface area contributed by atoms with Crippen LogP contribution < -0.4 is 5.32 Å². The highest BCUT2D eigenvalue weighted by molar-refractivity contribution is 7.99. The van der Waals surface area contributed by atoms with E-state index in [1.807, 2.05) is 0 Å². The van der Waals surface area contributed by atoms with Crippen molar-refractivity contribution < 1.29 is 4.74 Å². The standard InChI is InChI=1S/C10H19NOS/c1-3-9(11-5-1)7-13-8-10-4-2-6-12-10/h9-11H,1-8H2/t9-,10?/m1/s1. The topological polar surface area (TPSA) is 21.3 Å². The summed E-state index contributed by atoms with van der Waals surface area (Å²) < 4.78 is 5.58. The lowest BCUT2D eigenvalue weighted by molar-refractivity contribution is 0.129. The van der Waals surface area contributed by atoms with Crippen molar-refractivity contribution in [3.05, 3.63) is 0 Å². The quantitative estimate of drug-likeness (QED) is 0.747. The molecule has 0 aromatic carbocycles. The van der Waals surface area contributed by atoms with Gasteiger partial charge in [0.05, 0.1) is 6.10 Å². The Bertz CT molecular complexity index is 126. The summed E-state index contributed by atoms with van der Waals surface area (Å²) in [6.45, 7) is 2.22. The Balaban J connectivity index is 1.52. The Morgan fingerprint density at radius 1 is 1.23 bits per heavy atom. The van der Waals surface area contributed by atoms with Crippen LogP contribution in [0, 0.1) is 0 Å². The van der Waals surface area contributed by atoms with Crippen molar-refractivity contribution >= 4 is 11.8 Å². The van der Waals surface area contributed by atoms with Gasteiger partial charge in [-0.3, -0.25) is 0 Å². The van der Waals surface area contributed by atoms with Gasteiger partial charge in [0.25, 0.3) is 0 Å². The van der Waals surface area contributed by atoms with E-state index in [4.69, 9.17) is 4.74 Å². The molecule has 3 heteroatoms. The zero-order valence-electron chi connectivity index (χ0n) is 8.13. The lowest BCUT2D eigenvalue weighted by Crippen LogP contribution is -2.24. The van der Waals surface area contributed by atoms with Gasteiger partial charge in [0.1, 0.15) is 0 Å². The minimum atomic E-state index is 0.561. The van der Waals surface area contributed by atoms with Gasteiger partial charge in [-0.15, -0.1) is 0 Å². The smallest absolute Gasteiger partial charge is 0.0666 e. The summed E-state index contributed by atoms with van der Waals surface area (Å²) in [5, 5.41) is 3.52. The molecule has 2 atom stereocenters. The maximum atomic E-state index is 5.58. The maximum Gasteiger partial charge on any atom is 0.0666 e. The van der Waals surface area contributed by atoms with Gasteiger partial charge in [-0.2, -0.15) is 11.8 Å². The molecule has 76 valence electrons. The molecule has 0 amide bonds. The summed E-state index contributed by atoms with van der Waals surface area (Å²) in [5.74, 6) is 2.48. The van der Waals surface area contributed by atoms with Crippen LogP contribution in [0.4, 0.5) is 0 Å². The molecule has 1 N–H and O–H groups in total. The van der Waals surface area contributed by atoms with E-state index in [1.54, 1.807) is 0 Å². The number of hydrogen-bond donors (Lipinski definition) is 1. The van der Waals surface area contributed by atoms with Gasteiger partial charge >= 0.3 is 0 Å². The van der Waals surface area contributed by atoms with Gasteiger partial charge in [0, 0.05) is 24.2 Å². The summed E-state index contributed by atoms with van der Waals surface area (Å²) in [6.07, 6.45) is 5.85. The second kappa shape index (κ2) is 5.23. The molecule has 0 bridgehead atoms. The molecule has 0 radical (unpaired) electrons. The second-order valence-corrected chi connectivity index (χ2v) is 5.04. The fraction of sp³-hybridized carbons (Fsp3) is 1.00. The summed E-state index contributed by atoms with van der Waals surface area (Å²) in [7, 11) is 0. The molecule has 2 heterocycles. The van der Waals surface area contributed by atoms with Crippen LogP contribution in [0.2, 0.25) is 0 Å². The van der Waals surface area contributed by atoms with E-state index in [2.05, 4.69) is 17.1 Å². The highest BCUT2D eigenvalue weighted by Crippen LogP contribution is 2.19. The Kier molecular flexibility index (Phi) is 3.94. The molecule has 1 unspecified atom stereocenters. The minimum Gasteiger partial charge on any atom is -0.377 e. The molecule has 0 aromatic heterocycles. The molecule has 2 fully saturated rings. The average Bonchev–Trinajstić information content (AvgIpc) is 2.75. The van der Waals surface area contributed by atoms with E-state index in [1.165, 1.54) is 43.7 Å². The number of thioether (sulfide) groups is 1. The normalized spacial score (nSPS) is 34.2. The first kappa shape index (κ1) is 9.81. The van der Waals surface area contributed by atoms with Crippen LogP contribution >= 0.6 is 11.8 Å². The van der Waals surface area contributed by atoms with Crippen LogP contribution in [-0.2, 0) is 4.74 Å². The van der Waals surface area contributed by atoms with Gasteiger partial charge in [0.15, 0.2) is 0 Å². The number of rotatable bonds is 4. The number of hydrogen-bond acceptors (Lipinski definition) is 3. The summed E-state index contributed by atoms with van der Waals surface area (Å²) in [4.78, 5) is 0. The Morgan fingerprint density at radius 2 is 2.23 bits per heavy atom. The first-order chi connectivity index (χ1) is 6.45. The van der Waals surface area contributed by atoms with Crippen LogP contribution in [0.1, 0.15) is 25.7 Å². The largest absolute Gasteiger partial charge is 0.377 e. The highest BCUT2D eigenvalue weighted by Gasteiger charge is 2.17. The van der Waals surface area contributed by atoms with Crippen LogP contribution in [0.5, 0.6) is 0 Å². The van der Waals surface area contributed by atoms with Gasteiger partial charge in [-0.05, 0) is 32.2 Å². The molecule has 0 saturated carbocycles. The SMILES string of the molecule is C1COC(CSC[C@H]2CCCN2)C1. The van der Waals surface area contributed by atoms with Crippen LogP contribution in [-0.4, -0.2) is 36.8 Å². The van der Waals surface area contributed by atoms with Gasteiger partial charge < -0.3 is 10.1 Å². The zero-order chi connectivity index (χ0) is 8.93. The lowest BCUT2D eigenvalue weighted by atomic mass is 10.3. The Labute approximate surface area is 84.8 Å². The van der Waals surface area contributed by atoms with Gasteiger partial charge in [-0.1, -0.05) is 0 Å². The van der Waals surface area contributed by atoms with Gasteiger partial charge in [-0.25, -0.2) is 0 Å². The molecule has 13 heavy (non-hydrogen) atoms. The predicted molar refractivity (Wildman–Crippen MR) is 57.3 cm³/mol. The minimum absolute atomic E-state index is 0.561. The van der Waals surface area contributed by atoms with Crippen LogP contribution in [0.3, 0.4) is 0 Å². The van der Waals surface area contributed by atoms with Crippen molar-refractivity contribution in [3.63, 3.8) is 0 Å². The molecule has 2 saturated heterocycles. The van der Waals surface area contributed by atoms with E-state index < -0.39 is 0 Å². The summed E-state index contributed by atoms with van der Waals surface area (Å²) in [5.41, 5.74) is 0. The number of ether oxygens (including phenoxy) is 1. The monoisotopic (exact) mass is 201 g/mol. The summed E-state index contributed by atoms with van der Waals surface area (Å²) in [6, 6.07) is 0.784. The van der Waals surface area contributed by atoms with E-state index in [-0.39, 0.29) is 0 Å². The third-order valence-electron chi connectivity index (χ3n) is 2.81. The highest BCUT2D eigenvalue weighted by atomic mass is 32.2. The third kappa shape index (κ3) is 3.15. The van der Waals surface area contributed by atoms with Crippen LogP contribution in [0.25, 0.3) is 0 Å². The number of nitrogens with one attached hydrogen (secondary N) is 1. The molecular weight excluding hydrogens is 182 g/mol. The summed E-state index contributed by atoms with van der Waals surface area (Å²) >= 11 is 2.06. The molecule has 2 rings (SSSR count). The predicted octanol–water partition coefficient (Wildman–Crippen LogP) is 1.65. The average molecular weight is 201 g/mol. The third-order valence-corrected chi connectivity index (χ3v) is 4.05. The van der Waals surface area contributed by atoms with Crippen molar-refractivity contribution in [2.75, 3.05) is 24.7 Å². The first-order valence-corrected chi connectivity index (χ1v) is 6.53. The Hall–Kier alpha value is 0.270. The Morgan fingerprint density at radius 3 is 2.92 bits per heavy atom. The van der Waals surface area contributed by atoms with Crippen molar-refractivity contribution in [3.8, 4) is 0 Å². The second-order valence-electron chi connectivity index (χ2n) is 3.97. The molecule has 0 spiro atoms. The molecule has 0 aliphatic carbocycles. The molecular formula is C10H19NOS. The van der Waals surface area contributed by atoms with E-state index in [0.717, 1.165) is 12.6 Å². The molecule has 0 aromatic rings. The molecule has 2 nitrogen and oxygen atoms in total. The molecule has 2 aliphatic rings. The zero-order valence-corrected chi connectivity index (χ0v) is 8.94. The fourth-order valence-electron chi connectivity index (χ4n) is 2.02. The van der Waals surface area contributed by atoms with Gasteiger partial charge in [0.2, 0.25) is 0 Å². The van der Waals surface area contributed by atoms with Crippen molar-refractivity contribution in [1.82, 2.24) is 5.32 Å². The van der Waals surface area contributed by atoms with Crippen molar-refractivity contribution in [2.24, 2.45) is 0 Å².